The van der Waals surface area contributed by atoms with Gasteiger partial charge in [-0.1, -0.05) is 38.5 Å². The van der Waals surface area contributed by atoms with Crippen LogP contribution in [0.1, 0.15) is 85.0 Å². The van der Waals surface area contributed by atoms with Crippen molar-refractivity contribution in [3.05, 3.63) is 42.1 Å². The lowest BCUT2D eigenvalue weighted by molar-refractivity contribution is -0.132. The Morgan fingerprint density at radius 2 is 1.89 bits per heavy atom. The van der Waals surface area contributed by atoms with Crippen LogP contribution in [0, 0.1) is 40.4 Å². The zero-order valence-corrected chi connectivity index (χ0v) is 27.4. The predicted molar refractivity (Wildman–Crippen MR) is 177 cm³/mol. The number of aliphatic hydroxyl groups is 1. The molecule has 1 N–H and O–H groups in total. The molecule has 238 valence electrons. The molecule has 1 amide bonds. The average Bonchev–Trinajstić information content (AvgIpc) is 3.40. The second-order valence-corrected chi connectivity index (χ2v) is 15.5. The lowest BCUT2D eigenvalue weighted by atomic mass is 9.47. The number of carbonyl (C=O) groups is 1. The number of hydrogen-bond donors (Lipinski definition) is 1. The molecule has 2 aromatic rings. The number of aromatic nitrogens is 1. The van der Waals surface area contributed by atoms with Crippen LogP contribution in [0.2, 0.25) is 0 Å². The van der Waals surface area contributed by atoms with Gasteiger partial charge in [0.25, 0.3) is 0 Å². The summed E-state index contributed by atoms with van der Waals surface area (Å²) in [6, 6.07) is 8.20. The Morgan fingerprint density at radius 1 is 1.07 bits per heavy atom. The molecule has 1 aromatic carbocycles. The Kier molecular flexibility index (Phi) is 7.96. The molecule has 1 saturated heterocycles. The van der Waals surface area contributed by atoms with Crippen molar-refractivity contribution in [1.82, 2.24) is 9.88 Å². The zero-order chi connectivity index (χ0) is 30.6. The molecular formula is C38H53N3O3. The van der Waals surface area contributed by atoms with E-state index in [4.69, 9.17) is 9.72 Å². The summed E-state index contributed by atoms with van der Waals surface area (Å²) in [7, 11) is 1.70. The van der Waals surface area contributed by atoms with Gasteiger partial charge in [-0.15, -0.1) is 0 Å². The van der Waals surface area contributed by atoms with Crippen molar-refractivity contribution in [1.29, 1.82) is 0 Å². The minimum atomic E-state index is -0.131. The summed E-state index contributed by atoms with van der Waals surface area (Å²) in [5.74, 6) is 5.84. The Bertz CT molecular complexity index is 1420. The Balaban J connectivity index is 0.948. The van der Waals surface area contributed by atoms with Crippen molar-refractivity contribution >= 4 is 22.5 Å². The fourth-order valence-corrected chi connectivity index (χ4v) is 11.0. The Labute approximate surface area is 264 Å². The van der Waals surface area contributed by atoms with Gasteiger partial charge in [-0.3, -0.25) is 4.79 Å². The molecule has 2 heterocycles. The van der Waals surface area contributed by atoms with Crippen molar-refractivity contribution in [3.8, 4) is 5.75 Å². The van der Waals surface area contributed by atoms with E-state index in [9.17, 15) is 9.90 Å². The molecule has 0 spiro atoms. The van der Waals surface area contributed by atoms with Crippen LogP contribution >= 0.6 is 0 Å². The monoisotopic (exact) mass is 599 g/mol. The van der Waals surface area contributed by atoms with Crippen LogP contribution in [0.3, 0.4) is 0 Å². The van der Waals surface area contributed by atoms with E-state index in [1.54, 1.807) is 12.7 Å². The fourth-order valence-electron chi connectivity index (χ4n) is 11.0. The third kappa shape index (κ3) is 5.04. The summed E-state index contributed by atoms with van der Waals surface area (Å²) in [5, 5.41) is 12.6. The predicted octanol–water partition coefficient (Wildman–Crippen LogP) is 7.25. The summed E-state index contributed by atoms with van der Waals surface area (Å²) in [5.41, 5.74) is 2.27. The number of aliphatic hydroxyl groups excluding tert-OH is 1. The molecule has 1 aromatic heterocycles. The van der Waals surface area contributed by atoms with Gasteiger partial charge in [-0.05, 0) is 122 Å². The summed E-state index contributed by atoms with van der Waals surface area (Å²) in [4.78, 5) is 22.6. The molecule has 8 atom stereocenters. The van der Waals surface area contributed by atoms with E-state index < -0.39 is 0 Å². The molecule has 0 bridgehead atoms. The lowest BCUT2D eigenvalue weighted by Crippen LogP contribution is -2.51. The molecule has 7 rings (SSSR count). The maximum atomic E-state index is 13.5. The highest BCUT2D eigenvalue weighted by atomic mass is 16.5. The van der Waals surface area contributed by atoms with Crippen LogP contribution in [0.5, 0.6) is 5.75 Å². The third-order valence-corrected chi connectivity index (χ3v) is 13.5. The van der Waals surface area contributed by atoms with Gasteiger partial charge in [0.15, 0.2) is 0 Å². The van der Waals surface area contributed by atoms with Crippen LogP contribution in [0.25, 0.3) is 10.8 Å². The second-order valence-electron chi connectivity index (χ2n) is 15.5. The van der Waals surface area contributed by atoms with Crippen LogP contribution < -0.4 is 9.64 Å². The van der Waals surface area contributed by atoms with Gasteiger partial charge in [0.05, 0.1) is 13.2 Å². The van der Waals surface area contributed by atoms with E-state index in [1.807, 2.05) is 18.3 Å². The first-order valence-electron chi connectivity index (χ1n) is 17.5. The van der Waals surface area contributed by atoms with Crippen molar-refractivity contribution in [2.24, 2.45) is 40.4 Å². The number of allylic oxidation sites excluding steroid dienone is 1. The topological polar surface area (TPSA) is 65.9 Å². The minimum absolute atomic E-state index is 0.131. The van der Waals surface area contributed by atoms with Crippen molar-refractivity contribution in [2.75, 3.05) is 38.2 Å². The number of piperazine rings is 1. The van der Waals surface area contributed by atoms with Gasteiger partial charge in [-0.2, -0.15) is 0 Å². The number of rotatable bonds is 6. The lowest BCUT2D eigenvalue weighted by Gasteiger charge is -2.58. The number of methoxy groups -OCH3 is 1. The molecule has 6 heteroatoms. The summed E-state index contributed by atoms with van der Waals surface area (Å²) < 4.78 is 5.47. The Hall–Kier alpha value is -2.60. The molecule has 4 fully saturated rings. The van der Waals surface area contributed by atoms with E-state index in [1.165, 1.54) is 32.1 Å². The largest absolute Gasteiger partial charge is 0.497 e. The normalized spacial score (nSPS) is 35.8. The second kappa shape index (κ2) is 11.6. The van der Waals surface area contributed by atoms with E-state index >= 15 is 0 Å². The summed E-state index contributed by atoms with van der Waals surface area (Å²) in [6.07, 6.45) is 15.6. The summed E-state index contributed by atoms with van der Waals surface area (Å²) in [6.45, 7) is 10.7. The van der Waals surface area contributed by atoms with Gasteiger partial charge in [0.2, 0.25) is 5.91 Å². The molecule has 3 saturated carbocycles. The van der Waals surface area contributed by atoms with Crippen molar-refractivity contribution in [3.63, 3.8) is 0 Å². The molecule has 6 nitrogen and oxygen atoms in total. The maximum absolute atomic E-state index is 13.5. The van der Waals surface area contributed by atoms with Gasteiger partial charge in [0.1, 0.15) is 11.6 Å². The first kappa shape index (κ1) is 30.1. The van der Waals surface area contributed by atoms with Crippen molar-refractivity contribution < 1.29 is 14.6 Å². The fraction of sp³-hybridized carbons (Fsp3) is 0.684. The SMILES string of the molecule is COc1ccc2ccnc(N3CCN(C(=O)CC[C@@H](C)[C@H]4CC[C@H]5[C@@H]6CC=C7C[C@@H](O)CC[C@]7(C)[C@H]6CC[C@]45C)CC3)c2c1. The minimum Gasteiger partial charge on any atom is -0.497 e. The number of carbonyl (C=O) groups excluding carboxylic acids is 1. The highest BCUT2D eigenvalue weighted by Gasteiger charge is 2.59. The number of ether oxygens (including phenoxy) is 1. The Morgan fingerprint density at radius 3 is 2.68 bits per heavy atom. The third-order valence-electron chi connectivity index (χ3n) is 13.5. The molecule has 5 aliphatic rings. The maximum Gasteiger partial charge on any atom is 0.222 e. The number of hydrogen-bond acceptors (Lipinski definition) is 5. The van der Waals surface area contributed by atoms with Gasteiger partial charge in [0, 0.05) is 44.2 Å². The highest BCUT2D eigenvalue weighted by Crippen LogP contribution is 2.67. The first-order valence-corrected chi connectivity index (χ1v) is 17.5. The van der Waals surface area contributed by atoms with Gasteiger partial charge < -0.3 is 19.6 Å². The standard InChI is InChI=1S/C38H53N3O3/c1-25(32-10-11-33-30-9-7-27-23-28(42)13-16-37(27,2)34(30)14-17-38(32,33)3)5-12-35(43)40-19-21-41(22-20-40)36-31-24-29(44-4)8-6-26(31)15-18-39-36/h6-8,15,18,24-25,28,30,32-34,42H,5,9-14,16-17,19-23H2,1-4H3/t25-,28+,30+,32-,33+,34+,37+,38-/m1/s1. The van der Waals surface area contributed by atoms with Gasteiger partial charge in [-0.25, -0.2) is 4.98 Å². The number of nitrogens with zero attached hydrogens (tertiary/aromatic N) is 3. The smallest absolute Gasteiger partial charge is 0.222 e. The number of anilines is 1. The quantitative estimate of drug-likeness (QED) is 0.355. The van der Waals surface area contributed by atoms with Crippen LogP contribution in [0.15, 0.2) is 42.1 Å². The van der Waals surface area contributed by atoms with E-state index in [2.05, 4.69) is 48.8 Å². The number of benzene rings is 1. The van der Waals surface area contributed by atoms with E-state index in [0.717, 1.165) is 97.9 Å². The number of fused-ring (bicyclic) bond motifs is 6. The van der Waals surface area contributed by atoms with Crippen LogP contribution in [0.4, 0.5) is 5.82 Å². The van der Waals surface area contributed by atoms with E-state index in [-0.39, 0.29) is 6.10 Å². The molecular weight excluding hydrogens is 546 g/mol. The molecule has 4 aliphatic carbocycles. The number of pyridine rings is 1. The highest BCUT2D eigenvalue weighted by molar-refractivity contribution is 5.93. The molecule has 44 heavy (non-hydrogen) atoms. The molecule has 0 radical (unpaired) electrons. The molecule has 0 unspecified atom stereocenters. The summed E-state index contributed by atoms with van der Waals surface area (Å²) >= 11 is 0. The van der Waals surface area contributed by atoms with Crippen LogP contribution in [-0.2, 0) is 4.79 Å². The van der Waals surface area contributed by atoms with Crippen molar-refractivity contribution in [2.45, 2.75) is 91.1 Å². The van der Waals surface area contributed by atoms with Gasteiger partial charge >= 0.3 is 0 Å². The first-order chi connectivity index (χ1) is 21.2. The van der Waals surface area contributed by atoms with Crippen LogP contribution in [-0.4, -0.2) is 60.3 Å². The number of amides is 1. The average molecular weight is 600 g/mol. The molecule has 1 aliphatic heterocycles. The zero-order valence-electron chi connectivity index (χ0n) is 27.4. The van der Waals surface area contributed by atoms with E-state index in [0.29, 0.717) is 29.1 Å².